The lowest BCUT2D eigenvalue weighted by Gasteiger charge is -2.16. The van der Waals surface area contributed by atoms with E-state index in [1.165, 1.54) is 19.4 Å². The Morgan fingerprint density at radius 1 is 1.23 bits per heavy atom. The van der Waals surface area contributed by atoms with Crippen LogP contribution in [0.15, 0.2) is 12.1 Å². The smallest absolute Gasteiger partial charge is 0.302 e. The van der Waals surface area contributed by atoms with Gasteiger partial charge in [-0.2, -0.15) is 5.06 Å². The van der Waals surface area contributed by atoms with E-state index >= 15 is 0 Å². The maximum atomic E-state index is 12.2. The highest BCUT2D eigenvalue weighted by Crippen LogP contribution is 2.33. The molecule has 1 aromatic rings. The third kappa shape index (κ3) is 7.66. The Hall–Kier alpha value is -2.03. The lowest BCUT2D eigenvalue weighted by molar-refractivity contribution is -0.141. The molecule has 0 aromatic heterocycles. The number of hydroxylamine groups is 2. The molecule has 1 fully saturated rings. The summed E-state index contributed by atoms with van der Waals surface area (Å²) in [5, 5.41) is 4.84. The Labute approximate surface area is 182 Å². The van der Waals surface area contributed by atoms with Crippen LogP contribution in [0, 0.1) is 5.92 Å². The van der Waals surface area contributed by atoms with Crippen molar-refractivity contribution in [1.29, 1.82) is 0 Å². The van der Waals surface area contributed by atoms with Crippen LogP contribution in [-0.4, -0.2) is 63.5 Å². The van der Waals surface area contributed by atoms with E-state index in [0.29, 0.717) is 29.6 Å². The standard InChI is InChI=1S/C21H31ClN2O6/c1-4-6-16-13-24(30-14-16)7-5-8-28-19-12-20(29-10-9-27-15(2)25)18(22)11-17(19)21(26)23-3/h11-12,16H,4-10,13-14H2,1-3H3,(H,23,26). The molecule has 1 N–H and O–H groups in total. The van der Waals surface area contributed by atoms with E-state index in [0.717, 1.165) is 32.5 Å². The summed E-state index contributed by atoms with van der Waals surface area (Å²) >= 11 is 6.24. The van der Waals surface area contributed by atoms with Crippen LogP contribution in [0.3, 0.4) is 0 Å². The predicted octanol–water partition coefficient (Wildman–Crippen LogP) is 3.07. The highest BCUT2D eigenvalue weighted by Gasteiger charge is 2.22. The molecule has 0 spiro atoms. The number of carbonyl (C=O) groups is 2. The molecule has 1 unspecified atom stereocenters. The predicted molar refractivity (Wildman–Crippen MR) is 113 cm³/mol. The molecular weight excluding hydrogens is 412 g/mol. The molecule has 1 aliphatic rings. The number of nitrogens with zero attached hydrogens (tertiary/aromatic N) is 1. The fourth-order valence-corrected chi connectivity index (χ4v) is 3.40. The van der Waals surface area contributed by atoms with E-state index in [-0.39, 0.29) is 30.1 Å². The first-order valence-electron chi connectivity index (χ1n) is 10.3. The van der Waals surface area contributed by atoms with Crippen molar-refractivity contribution in [3.05, 3.63) is 22.7 Å². The van der Waals surface area contributed by atoms with Gasteiger partial charge in [-0.3, -0.25) is 14.4 Å². The molecule has 0 aliphatic carbocycles. The van der Waals surface area contributed by atoms with Crippen LogP contribution in [0.5, 0.6) is 11.5 Å². The van der Waals surface area contributed by atoms with Gasteiger partial charge in [0.15, 0.2) is 0 Å². The first-order chi connectivity index (χ1) is 14.4. The topological polar surface area (TPSA) is 86.3 Å². The molecule has 0 saturated carbocycles. The molecule has 1 amide bonds. The van der Waals surface area contributed by atoms with Gasteiger partial charge in [-0.15, -0.1) is 0 Å². The number of halogens is 1. The minimum absolute atomic E-state index is 0.105. The zero-order chi connectivity index (χ0) is 21.9. The van der Waals surface area contributed by atoms with Gasteiger partial charge >= 0.3 is 5.97 Å². The van der Waals surface area contributed by atoms with Crippen molar-refractivity contribution in [2.24, 2.45) is 5.92 Å². The zero-order valence-electron chi connectivity index (χ0n) is 17.9. The summed E-state index contributed by atoms with van der Waals surface area (Å²) in [4.78, 5) is 28.7. The van der Waals surface area contributed by atoms with Crippen LogP contribution >= 0.6 is 11.6 Å². The number of esters is 1. The van der Waals surface area contributed by atoms with Gasteiger partial charge in [0.25, 0.3) is 5.91 Å². The van der Waals surface area contributed by atoms with E-state index in [9.17, 15) is 9.59 Å². The Morgan fingerprint density at radius 3 is 2.70 bits per heavy atom. The molecule has 1 aliphatic heterocycles. The van der Waals surface area contributed by atoms with Crippen LogP contribution in [0.2, 0.25) is 5.02 Å². The lowest BCUT2D eigenvalue weighted by Crippen LogP contribution is -2.23. The van der Waals surface area contributed by atoms with Crippen molar-refractivity contribution in [2.45, 2.75) is 33.1 Å². The number of benzene rings is 1. The Balaban J connectivity index is 1.92. The fraction of sp³-hybridized carbons (Fsp3) is 0.619. The zero-order valence-corrected chi connectivity index (χ0v) is 18.6. The third-order valence-corrected chi connectivity index (χ3v) is 4.91. The Kier molecular flexibility index (Phi) is 10.2. The van der Waals surface area contributed by atoms with E-state index in [2.05, 4.69) is 12.2 Å². The van der Waals surface area contributed by atoms with Crippen LogP contribution in [0.1, 0.15) is 43.5 Å². The van der Waals surface area contributed by atoms with E-state index in [4.69, 9.17) is 30.6 Å². The maximum absolute atomic E-state index is 12.2. The average molecular weight is 443 g/mol. The van der Waals surface area contributed by atoms with Crippen LogP contribution in [0.4, 0.5) is 0 Å². The molecule has 9 heteroatoms. The largest absolute Gasteiger partial charge is 0.493 e. The van der Waals surface area contributed by atoms with Gasteiger partial charge in [-0.25, -0.2) is 0 Å². The number of carbonyl (C=O) groups excluding carboxylic acids is 2. The third-order valence-electron chi connectivity index (χ3n) is 4.61. The van der Waals surface area contributed by atoms with Crippen molar-refractivity contribution < 1.29 is 28.6 Å². The van der Waals surface area contributed by atoms with Gasteiger partial charge in [0.1, 0.15) is 24.7 Å². The molecule has 8 nitrogen and oxygen atoms in total. The van der Waals surface area contributed by atoms with Gasteiger partial charge in [-0.1, -0.05) is 24.9 Å². The number of rotatable bonds is 12. The van der Waals surface area contributed by atoms with Crippen molar-refractivity contribution in [3.8, 4) is 11.5 Å². The van der Waals surface area contributed by atoms with Crippen molar-refractivity contribution in [2.75, 3.05) is 46.6 Å². The van der Waals surface area contributed by atoms with E-state index in [1.807, 2.05) is 5.06 Å². The quantitative estimate of drug-likeness (QED) is 0.393. The summed E-state index contributed by atoms with van der Waals surface area (Å²) in [5.74, 6) is 0.651. The first-order valence-corrected chi connectivity index (χ1v) is 10.6. The minimum atomic E-state index is -0.383. The molecule has 1 saturated heterocycles. The van der Waals surface area contributed by atoms with Gasteiger partial charge in [0.05, 0.1) is 23.8 Å². The second-order valence-electron chi connectivity index (χ2n) is 7.09. The summed E-state index contributed by atoms with van der Waals surface area (Å²) in [7, 11) is 1.54. The summed E-state index contributed by atoms with van der Waals surface area (Å²) in [5.41, 5.74) is 0.329. The molecule has 2 rings (SSSR count). The van der Waals surface area contributed by atoms with Gasteiger partial charge < -0.3 is 19.5 Å². The highest BCUT2D eigenvalue weighted by molar-refractivity contribution is 6.32. The molecule has 1 heterocycles. The number of hydrogen-bond donors (Lipinski definition) is 1. The van der Waals surface area contributed by atoms with Crippen molar-refractivity contribution in [3.63, 3.8) is 0 Å². The molecule has 30 heavy (non-hydrogen) atoms. The molecule has 0 radical (unpaired) electrons. The highest BCUT2D eigenvalue weighted by atomic mass is 35.5. The van der Waals surface area contributed by atoms with Gasteiger partial charge in [0.2, 0.25) is 0 Å². The molecular formula is C21H31ClN2O6. The second kappa shape index (κ2) is 12.6. The lowest BCUT2D eigenvalue weighted by atomic mass is 10.1. The summed E-state index contributed by atoms with van der Waals surface area (Å²) < 4.78 is 16.3. The first kappa shape index (κ1) is 24.2. The number of ether oxygens (including phenoxy) is 3. The molecule has 0 bridgehead atoms. The van der Waals surface area contributed by atoms with Gasteiger partial charge in [0, 0.05) is 33.1 Å². The maximum Gasteiger partial charge on any atom is 0.302 e. The van der Waals surface area contributed by atoms with Crippen molar-refractivity contribution in [1.82, 2.24) is 10.4 Å². The van der Waals surface area contributed by atoms with E-state index < -0.39 is 0 Å². The molecule has 1 atom stereocenters. The number of nitrogens with one attached hydrogen (secondary N) is 1. The SMILES string of the molecule is CCCC1CON(CCCOc2cc(OCCOC(C)=O)c(Cl)cc2C(=O)NC)C1. The normalized spacial score (nSPS) is 16.3. The summed E-state index contributed by atoms with van der Waals surface area (Å²) in [6, 6.07) is 3.10. The van der Waals surface area contributed by atoms with Crippen LogP contribution in [-0.2, 0) is 14.4 Å². The number of amides is 1. The molecule has 1 aromatic carbocycles. The Morgan fingerprint density at radius 2 is 2.00 bits per heavy atom. The van der Waals surface area contributed by atoms with Crippen LogP contribution < -0.4 is 14.8 Å². The van der Waals surface area contributed by atoms with Crippen LogP contribution in [0.25, 0.3) is 0 Å². The fourth-order valence-electron chi connectivity index (χ4n) is 3.18. The van der Waals surface area contributed by atoms with Crippen molar-refractivity contribution >= 4 is 23.5 Å². The average Bonchev–Trinajstić information content (AvgIpc) is 3.17. The number of hydrogen-bond acceptors (Lipinski definition) is 7. The Bertz CT molecular complexity index is 715. The van der Waals surface area contributed by atoms with Gasteiger partial charge in [-0.05, 0) is 24.8 Å². The summed E-state index contributed by atoms with van der Waals surface area (Å²) in [6.45, 7) is 6.65. The molecule has 168 valence electrons. The van der Waals surface area contributed by atoms with E-state index in [1.54, 1.807) is 13.1 Å². The second-order valence-corrected chi connectivity index (χ2v) is 7.49. The summed E-state index contributed by atoms with van der Waals surface area (Å²) in [6.07, 6.45) is 3.08. The monoisotopic (exact) mass is 442 g/mol. The minimum Gasteiger partial charge on any atom is -0.493 e.